The fourth-order valence-corrected chi connectivity index (χ4v) is 3.59. The van der Waals surface area contributed by atoms with Gasteiger partial charge in [-0.2, -0.15) is 0 Å². The minimum absolute atomic E-state index is 0.0686. The summed E-state index contributed by atoms with van der Waals surface area (Å²) < 4.78 is 13.0. The Hall–Kier alpha value is -2.31. The number of rotatable bonds is 5. The third-order valence-corrected chi connectivity index (χ3v) is 4.84. The Morgan fingerprint density at radius 3 is 2.38 bits per heavy atom. The first kappa shape index (κ1) is 18.5. The normalized spacial score (nSPS) is 13.6. The number of nitrogens with zero attached hydrogens (tertiary/aromatic N) is 2. The van der Waals surface area contributed by atoms with Crippen molar-refractivity contribution in [2.45, 2.75) is 19.5 Å². The van der Waals surface area contributed by atoms with Crippen LogP contribution in [-0.4, -0.2) is 44.3 Å². The van der Waals surface area contributed by atoms with E-state index < -0.39 is 0 Å². The first-order chi connectivity index (χ1) is 12.5. The van der Waals surface area contributed by atoms with E-state index in [1.165, 1.54) is 0 Å². The Bertz CT molecular complexity index is 846. The van der Waals surface area contributed by atoms with Crippen molar-refractivity contribution < 1.29 is 9.47 Å². The molecule has 3 rings (SSSR count). The highest BCUT2D eigenvalue weighted by molar-refractivity contribution is 5.72. The Labute approximate surface area is 154 Å². The predicted octanol–water partition coefficient (Wildman–Crippen LogP) is 1.78. The highest BCUT2D eigenvalue weighted by Gasteiger charge is 2.21. The highest BCUT2D eigenvalue weighted by atomic mass is 16.5. The van der Waals surface area contributed by atoms with Gasteiger partial charge in [0.1, 0.15) is 11.5 Å². The van der Waals surface area contributed by atoms with Crippen molar-refractivity contribution in [2.24, 2.45) is 7.05 Å². The van der Waals surface area contributed by atoms with E-state index in [1.807, 2.05) is 32.4 Å². The Morgan fingerprint density at radius 1 is 1.15 bits per heavy atom. The number of pyridine rings is 1. The number of hydrogen-bond acceptors (Lipinski definition) is 5. The third-order valence-electron chi connectivity index (χ3n) is 4.84. The van der Waals surface area contributed by atoms with Crippen LogP contribution < -0.4 is 20.3 Å². The molecule has 0 fully saturated rings. The first-order valence-corrected chi connectivity index (χ1v) is 8.78. The Morgan fingerprint density at radius 2 is 1.81 bits per heavy atom. The summed E-state index contributed by atoms with van der Waals surface area (Å²) in [7, 11) is 9.19. The molecule has 6 nitrogen and oxygen atoms in total. The molecule has 26 heavy (non-hydrogen) atoms. The summed E-state index contributed by atoms with van der Waals surface area (Å²) in [6.45, 7) is 2.21. The van der Waals surface area contributed by atoms with Crippen LogP contribution in [0.3, 0.4) is 0 Å². The van der Waals surface area contributed by atoms with E-state index in [0.29, 0.717) is 6.54 Å². The maximum absolute atomic E-state index is 12.5. The van der Waals surface area contributed by atoms with Crippen LogP contribution in [-0.2, 0) is 26.6 Å². The summed E-state index contributed by atoms with van der Waals surface area (Å²) in [4.78, 5) is 14.6. The van der Waals surface area contributed by atoms with E-state index in [-0.39, 0.29) is 5.56 Å². The van der Waals surface area contributed by atoms with Gasteiger partial charge in [0.2, 0.25) is 0 Å². The van der Waals surface area contributed by atoms with Crippen LogP contribution in [0.25, 0.3) is 11.1 Å². The second-order valence-electron chi connectivity index (χ2n) is 6.94. The topological polar surface area (TPSA) is 55.7 Å². The van der Waals surface area contributed by atoms with Crippen molar-refractivity contribution in [2.75, 3.05) is 34.9 Å². The van der Waals surface area contributed by atoms with Crippen LogP contribution in [0.4, 0.5) is 0 Å². The molecule has 0 radical (unpaired) electrons. The van der Waals surface area contributed by atoms with E-state index in [2.05, 4.69) is 10.2 Å². The minimum atomic E-state index is 0.0686. The van der Waals surface area contributed by atoms with Crippen LogP contribution >= 0.6 is 0 Å². The number of aromatic nitrogens is 1. The van der Waals surface area contributed by atoms with Crippen LogP contribution in [0.2, 0.25) is 0 Å². The highest BCUT2D eigenvalue weighted by Crippen LogP contribution is 2.37. The zero-order chi connectivity index (χ0) is 18.8. The largest absolute Gasteiger partial charge is 0.496 e. The summed E-state index contributed by atoms with van der Waals surface area (Å²) in [5.74, 6) is 1.59. The summed E-state index contributed by atoms with van der Waals surface area (Å²) in [6, 6.07) is 4.09. The van der Waals surface area contributed by atoms with Gasteiger partial charge in [0, 0.05) is 37.5 Å². The molecule has 1 aromatic carbocycles. The third kappa shape index (κ3) is 3.34. The predicted molar refractivity (Wildman–Crippen MR) is 103 cm³/mol. The van der Waals surface area contributed by atoms with Gasteiger partial charge in [0.25, 0.3) is 5.56 Å². The Kier molecular flexibility index (Phi) is 5.34. The summed E-state index contributed by atoms with van der Waals surface area (Å²) in [6.07, 6.45) is 2.76. The number of methoxy groups -OCH3 is 2. The van der Waals surface area contributed by atoms with Crippen molar-refractivity contribution in [3.8, 4) is 22.6 Å². The number of nitrogens with one attached hydrogen (secondary N) is 1. The fourth-order valence-electron chi connectivity index (χ4n) is 3.59. The van der Waals surface area contributed by atoms with Gasteiger partial charge in [-0.25, -0.2) is 0 Å². The van der Waals surface area contributed by atoms with Gasteiger partial charge in [-0.1, -0.05) is 0 Å². The average Bonchev–Trinajstić information content (AvgIpc) is 2.64. The zero-order valence-corrected chi connectivity index (χ0v) is 16.2. The first-order valence-electron chi connectivity index (χ1n) is 8.78. The van der Waals surface area contributed by atoms with Crippen molar-refractivity contribution in [1.29, 1.82) is 0 Å². The van der Waals surface area contributed by atoms with Gasteiger partial charge in [-0.3, -0.25) is 4.79 Å². The number of ether oxygens (including phenoxy) is 2. The quantitative estimate of drug-likeness (QED) is 0.884. The monoisotopic (exact) mass is 357 g/mol. The minimum Gasteiger partial charge on any atom is -0.496 e. The number of aryl methyl sites for hydroxylation is 1. The van der Waals surface area contributed by atoms with Crippen molar-refractivity contribution in [1.82, 2.24) is 14.8 Å². The van der Waals surface area contributed by atoms with Gasteiger partial charge in [0.05, 0.1) is 19.8 Å². The van der Waals surface area contributed by atoms with E-state index in [4.69, 9.17) is 9.47 Å². The summed E-state index contributed by atoms with van der Waals surface area (Å²) in [5.41, 5.74) is 5.14. The van der Waals surface area contributed by atoms with Gasteiger partial charge in [0.15, 0.2) is 0 Å². The molecule has 2 heterocycles. The van der Waals surface area contributed by atoms with Crippen molar-refractivity contribution >= 4 is 0 Å². The molecule has 0 amide bonds. The molecule has 6 heteroatoms. The zero-order valence-electron chi connectivity index (χ0n) is 16.2. The molecule has 2 aromatic rings. The lowest BCUT2D eigenvalue weighted by atomic mass is 9.92. The molecular formula is C20H27N3O3. The van der Waals surface area contributed by atoms with E-state index >= 15 is 0 Å². The number of benzene rings is 1. The fraction of sp³-hybridized carbons (Fsp3) is 0.450. The maximum atomic E-state index is 12.5. The van der Waals surface area contributed by atoms with Gasteiger partial charge >= 0.3 is 0 Å². The average molecular weight is 357 g/mol. The molecule has 1 aliphatic rings. The molecule has 1 aromatic heterocycles. The van der Waals surface area contributed by atoms with E-state index in [1.54, 1.807) is 25.8 Å². The lowest BCUT2D eigenvalue weighted by Gasteiger charge is -2.23. The second-order valence-corrected chi connectivity index (χ2v) is 6.94. The number of fused-ring (bicyclic) bond motifs is 1. The van der Waals surface area contributed by atoms with Crippen LogP contribution in [0.5, 0.6) is 11.5 Å². The molecule has 0 atom stereocenters. The molecule has 1 aliphatic heterocycles. The smallest absolute Gasteiger partial charge is 0.255 e. The SMILES string of the molecule is COc1cc(-c2cn(C)c(=O)c3c2CCNC3)cc(OC)c1CN(C)C. The molecule has 1 N–H and O–H groups in total. The van der Waals surface area contributed by atoms with E-state index in [0.717, 1.165) is 58.8 Å². The molecule has 0 unspecified atom stereocenters. The lowest BCUT2D eigenvalue weighted by Crippen LogP contribution is -2.33. The summed E-state index contributed by atoms with van der Waals surface area (Å²) >= 11 is 0. The molecule has 0 bridgehead atoms. The van der Waals surface area contributed by atoms with E-state index in [9.17, 15) is 4.79 Å². The van der Waals surface area contributed by atoms with Gasteiger partial charge < -0.3 is 24.3 Å². The maximum Gasteiger partial charge on any atom is 0.255 e. The molecule has 140 valence electrons. The van der Waals surface area contributed by atoms with Crippen molar-refractivity contribution in [3.63, 3.8) is 0 Å². The molecule has 0 saturated heterocycles. The van der Waals surface area contributed by atoms with Gasteiger partial charge in [-0.15, -0.1) is 0 Å². The molecular weight excluding hydrogens is 330 g/mol. The summed E-state index contributed by atoms with van der Waals surface area (Å²) in [5, 5.41) is 3.30. The number of hydrogen-bond donors (Lipinski definition) is 1. The standard InChI is InChI=1S/C20H27N3O3/c1-22(2)11-17-18(25-4)8-13(9-19(17)26-5)16-12-23(3)20(24)15-10-21-7-6-14(15)16/h8-9,12,21H,6-7,10-11H2,1-5H3. The lowest BCUT2D eigenvalue weighted by molar-refractivity contribution is 0.349. The Balaban J connectivity index is 2.22. The van der Waals surface area contributed by atoms with Crippen molar-refractivity contribution in [3.05, 3.63) is 45.4 Å². The molecule has 0 saturated carbocycles. The van der Waals surface area contributed by atoms with Crippen LogP contribution in [0, 0.1) is 0 Å². The van der Waals surface area contributed by atoms with Crippen LogP contribution in [0.15, 0.2) is 23.1 Å². The second kappa shape index (κ2) is 7.51. The molecule has 0 spiro atoms. The van der Waals surface area contributed by atoms with Gasteiger partial charge in [-0.05, 0) is 50.3 Å². The van der Waals surface area contributed by atoms with Crippen LogP contribution in [0.1, 0.15) is 16.7 Å². The molecule has 0 aliphatic carbocycles.